The molecule has 6 nitrogen and oxygen atoms in total. The maximum absolute atomic E-state index is 10.9. The van der Waals surface area contributed by atoms with Crippen molar-refractivity contribution < 1.29 is 4.79 Å². The molecule has 3 rings (SSSR count). The quantitative estimate of drug-likeness (QED) is 0.874. The number of nitrogens with zero attached hydrogens (tertiary/aromatic N) is 3. The molecule has 0 fully saturated rings. The van der Waals surface area contributed by atoms with E-state index >= 15 is 0 Å². The summed E-state index contributed by atoms with van der Waals surface area (Å²) in [4.78, 5) is 18.3. The molecule has 21 heavy (non-hydrogen) atoms. The molecule has 2 aromatic heterocycles. The largest absolute Gasteiger partial charge is 0.370 e. The van der Waals surface area contributed by atoms with Crippen molar-refractivity contribution in [2.45, 2.75) is 31.7 Å². The molecule has 0 saturated heterocycles. The maximum atomic E-state index is 10.9. The number of pyridine rings is 1. The van der Waals surface area contributed by atoms with Crippen LogP contribution in [-0.4, -0.2) is 39.7 Å². The van der Waals surface area contributed by atoms with Gasteiger partial charge in [0.25, 0.3) is 0 Å². The zero-order chi connectivity index (χ0) is 14.8. The van der Waals surface area contributed by atoms with Gasteiger partial charge in [-0.15, -0.1) is 0 Å². The van der Waals surface area contributed by atoms with Crippen molar-refractivity contribution in [1.29, 1.82) is 0 Å². The third kappa shape index (κ3) is 2.74. The van der Waals surface area contributed by atoms with Gasteiger partial charge in [-0.2, -0.15) is 5.10 Å². The molecule has 0 aliphatic carbocycles. The van der Waals surface area contributed by atoms with Crippen LogP contribution in [0, 0.1) is 0 Å². The third-order valence-corrected chi connectivity index (χ3v) is 3.99. The summed E-state index contributed by atoms with van der Waals surface area (Å²) in [5.41, 5.74) is 7.34. The number of nitrogens with one attached hydrogen (secondary N) is 1. The van der Waals surface area contributed by atoms with E-state index in [1.54, 1.807) is 0 Å². The van der Waals surface area contributed by atoms with Gasteiger partial charge in [-0.05, 0) is 31.0 Å². The molecule has 1 amide bonds. The van der Waals surface area contributed by atoms with E-state index in [1.165, 1.54) is 5.56 Å². The van der Waals surface area contributed by atoms with E-state index in [2.05, 4.69) is 22.0 Å². The molecule has 3 heterocycles. The highest BCUT2D eigenvalue weighted by molar-refractivity contribution is 5.85. The van der Waals surface area contributed by atoms with E-state index in [9.17, 15) is 4.79 Å². The highest BCUT2D eigenvalue weighted by Gasteiger charge is 2.24. The van der Waals surface area contributed by atoms with Gasteiger partial charge in [0, 0.05) is 48.9 Å². The maximum Gasteiger partial charge on any atom is 0.217 e. The van der Waals surface area contributed by atoms with Crippen LogP contribution >= 0.6 is 0 Å². The van der Waals surface area contributed by atoms with Crippen LogP contribution in [0.3, 0.4) is 0 Å². The molecule has 110 valence electrons. The number of hydrazone groups is 1. The Morgan fingerprint density at radius 3 is 3.24 bits per heavy atom. The third-order valence-electron chi connectivity index (χ3n) is 3.99. The van der Waals surface area contributed by atoms with E-state index in [0.717, 1.165) is 24.0 Å². The summed E-state index contributed by atoms with van der Waals surface area (Å²) in [6.07, 6.45) is 6.83. The van der Waals surface area contributed by atoms with Gasteiger partial charge in [0.05, 0.1) is 0 Å². The minimum Gasteiger partial charge on any atom is -0.370 e. The zero-order valence-corrected chi connectivity index (χ0v) is 12.0. The van der Waals surface area contributed by atoms with E-state index in [4.69, 9.17) is 5.73 Å². The van der Waals surface area contributed by atoms with Gasteiger partial charge in [0.2, 0.25) is 5.91 Å². The average molecular weight is 285 g/mol. The van der Waals surface area contributed by atoms with Crippen LogP contribution in [0.5, 0.6) is 0 Å². The molecule has 2 atom stereocenters. The number of nitrogens with two attached hydrogens (primary N) is 1. The second-order valence-corrected chi connectivity index (χ2v) is 5.49. The molecule has 1 aliphatic rings. The monoisotopic (exact) mass is 285 g/mol. The molecule has 6 heteroatoms. The molecule has 0 radical (unpaired) electrons. The Labute approximate surface area is 123 Å². The summed E-state index contributed by atoms with van der Waals surface area (Å²) in [7, 11) is 0. The second kappa shape index (κ2) is 5.55. The van der Waals surface area contributed by atoms with Crippen molar-refractivity contribution in [3.8, 4) is 0 Å². The Bertz CT molecular complexity index is 678. The SMILES string of the molecule is CC(CCC(N)=O)N1CC(c2ccnc3[nH]ccc23)C=N1. The first-order valence-corrected chi connectivity index (χ1v) is 7.16. The molecular formula is C15H19N5O. The van der Waals surface area contributed by atoms with Crippen LogP contribution in [0.15, 0.2) is 29.6 Å². The van der Waals surface area contributed by atoms with E-state index in [-0.39, 0.29) is 17.9 Å². The van der Waals surface area contributed by atoms with Crippen molar-refractivity contribution in [2.75, 3.05) is 6.54 Å². The number of aromatic nitrogens is 2. The Morgan fingerprint density at radius 1 is 1.57 bits per heavy atom. The van der Waals surface area contributed by atoms with Gasteiger partial charge in [0.15, 0.2) is 0 Å². The summed E-state index contributed by atoms with van der Waals surface area (Å²) in [6, 6.07) is 4.30. The fraction of sp³-hybridized carbons (Fsp3) is 0.400. The van der Waals surface area contributed by atoms with E-state index in [0.29, 0.717) is 6.42 Å². The molecule has 1 aliphatic heterocycles. The standard InChI is InChI=1S/C15H19N5O/c1-10(2-3-14(16)21)20-9-11(8-19-20)12-4-6-17-15-13(12)5-7-18-15/h4-8,10-11H,2-3,9H2,1H3,(H2,16,21)(H,17,18). The minimum atomic E-state index is -0.259. The highest BCUT2D eigenvalue weighted by atomic mass is 16.1. The van der Waals surface area contributed by atoms with Crippen LogP contribution < -0.4 is 5.73 Å². The number of H-pyrrole nitrogens is 1. The summed E-state index contributed by atoms with van der Waals surface area (Å²) >= 11 is 0. The minimum absolute atomic E-state index is 0.210. The number of hydrogen-bond donors (Lipinski definition) is 2. The summed E-state index contributed by atoms with van der Waals surface area (Å²) in [5, 5.41) is 7.66. The lowest BCUT2D eigenvalue weighted by Crippen LogP contribution is -2.29. The summed E-state index contributed by atoms with van der Waals surface area (Å²) in [6.45, 7) is 2.89. The van der Waals surface area contributed by atoms with Gasteiger partial charge < -0.3 is 10.7 Å². The number of carbonyl (C=O) groups is 1. The fourth-order valence-corrected chi connectivity index (χ4v) is 2.74. The lowest BCUT2D eigenvalue weighted by molar-refractivity contribution is -0.118. The first kappa shape index (κ1) is 13.6. The van der Waals surface area contributed by atoms with Crippen molar-refractivity contribution in [3.05, 3.63) is 30.1 Å². The topological polar surface area (TPSA) is 87.4 Å². The predicted molar refractivity (Wildman–Crippen MR) is 81.9 cm³/mol. The highest BCUT2D eigenvalue weighted by Crippen LogP contribution is 2.27. The second-order valence-electron chi connectivity index (χ2n) is 5.49. The first-order valence-electron chi connectivity index (χ1n) is 7.16. The molecule has 0 aromatic carbocycles. The molecule has 2 aromatic rings. The van der Waals surface area contributed by atoms with Gasteiger partial charge in [-0.1, -0.05) is 0 Å². The number of aromatic amines is 1. The van der Waals surface area contributed by atoms with Crippen molar-refractivity contribution in [1.82, 2.24) is 15.0 Å². The molecule has 2 unspecified atom stereocenters. The summed E-state index contributed by atoms with van der Waals surface area (Å²) in [5.74, 6) is -0.00734. The van der Waals surface area contributed by atoms with Gasteiger partial charge >= 0.3 is 0 Å². The van der Waals surface area contributed by atoms with Crippen LogP contribution in [-0.2, 0) is 4.79 Å². The van der Waals surface area contributed by atoms with Gasteiger partial charge in [-0.3, -0.25) is 9.80 Å². The van der Waals surface area contributed by atoms with Crippen LogP contribution in [0.2, 0.25) is 0 Å². The van der Waals surface area contributed by atoms with E-state index < -0.39 is 0 Å². The zero-order valence-electron chi connectivity index (χ0n) is 12.0. The number of carbonyl (C=O) groups excluding carboxylic acids is 1. The number of hydrogen-bond acceptors (Lipinski definition) is 4. The Hall–Kier alpha value is -2.37. The average Bonchev–Trinajstić information content (AvgIpc) is 3.12. The van der Waals surface area contributed by atoms with Gasteiger partial charge in [-0.25, -0.2) is 4.98 Å². The van der Waals surface area contributed by atoms with Crippen molar-refractivity contribution >= 4 is 23.2 Å². The Kier molecular flexibility index (Phi) is 3.60. The summed E-state index contributed by atoms with van der Waals surface area (Å²) < 4.78 is 0. The van der Waals surface area contributed by atoms with Crippen LogP contribution in [0.1, 0.15) is 31.2 Å². The van der Waals surface area contributed by atoms with E-state index in [1.807, 2.05) is 35.7 Å². The van der Waals surface area contributed by atoms with Crippen LogP contribution in [0.4, 0.5) is 0 Å². The molecular weight excluding hydrogens is 266 g/mol. The number of fused-ring (bicyclic) bond motifs is 1. The Morgan fingerprint density at radius 2 is 2.43 bits per heavy atom. The lowest BCUT2D eigenvalue weighted by Gasteiger charge is -2.23. The van der Waals surface area contributed by atoms with Crippen LogP contribution in [0.25, 0.3) is 11.0 Å². The molecule has 0 spiro atoms. The normalized spacial score (nSPS) is 19.3. The number of amides is 1. The lowest BCUT2D eigenvalue weighted by atomic mass is 9.98. The number of rotatable bonds is 5. The molecule has 3 N–H and O–H groups in total. The number of primary amides is 1. The van der Waals surface area contributed by atoms with Crippen molar-refractivity contribution in [3.63, 3.8) is 0 Å². The Balaban J connectivity index is 1.71. The molecule has 0 saturated carbocycles. The predicted octanol–water partition coefficient (Wildman–Crippen LogP) is 1.60. The fourth-order valence-electron chi connectivity index (χ4n) is 2.74. The van der Waals surface area contributed by atoms with Gasteiger partial charge in [0.1, 0.15) is 5.65 Å². The van der Waals surface area contributed by atoms with Crippen molar-refractivity contribution in [2.24, 2.45) is 10.8 Å². The molecule has 0 bridgehead atoms. The first-order chi connectivity index (χ1) is 10.1. The smallest absolute Gasteiger partial charge is 0.217 e.